The van der Waals surface area contributed by atoms with Crippen LogP contribution in [0, 0.1) is 13.8 Å². The van der Waals surface area contributed by atoms with E-state index in [9.17, 15) is 0 Å². The van der Waals surface area contributed by atoms with Crippen molar-refractivity contribution in [3.05, 3.63) is 59.2 Å². The van der Waals surface area contributed by atoms with Crippen molar-refractivity contribution in [1.29, 1.82) is 0 Å². The minimum atomic E-state index is -0.221. The number of anilines is 1. The molecule has 2 aromatic carbocycles. The van der Waals surface area contributed by atoms with Crippen LogP contribution in [-0.2, 0) is 0 Å². The molecule has 3 nitrogen and oxygen atoms in total. The molecule has 1 aliphatic heterocycles. The predicted molar refractivity (Wildman–Crippen MR) is 104 cm³/mol. The van der Waals surface area contributed by atoms with Crippen LogP contribution in [-0.4, -0.2) is 10.7 Å². The van der Waals surface area contributed by atoms with Crippen molar-refractivity contribution in [2.24, 2.45) is 0 Å². The van der Waals surface area contributed by atoms with E-state index in [1.807, 2.05) is 18.2 Å². The minimum absolute atomic E-state index is 0.134. The van der Waals surface area contributed by atoms with E-state index in [0.717, 1.165) is 23.4 Å². The number of ether oxygens (including phenoxy) is 1. The van der Waals surface area contributed by atoms with Gasteiger partial charge in [-0.3, -0.25) is 0 Å². The number of nitrogens with one attached hydrogen (secondary N) is 2. The molecule has 0 radical (unpaired) electrons. The topological polar surface area (TPSA) is 33.3 Å². The fourth-order valence-electron chi connectivity index (χ4n) is 3.12. The quantitative estimate of drug-likeness (QED) is 0.763. The van der Waals surface area contributed by atoms with Crippen molar-refractivity contribution in [2.45, 2.75) is 45.8 Å². The molecule has 0 unspecified atom stereocenters. The van der Waals surface area contributed by atoms with E-state index < -0.39 is 0 Å². The second-order valence-electron chi connectivity index (χ2n) is 7.07. The fourth-order valence-corrected chi connectivity index (χ4v) is 3.37. The molecule has 0 bridgehead atoms. The Morgan fingerprint density at radius 2 is 1.92 bits per heavy atom. The van der Waals surface area contributed by atoms with Crippen LogP contribution in [0.15, 0.2) is 42.5 Å². The van der Waals surface area contributed by atoms with Crippen molar-refractivity contribution < 1.29 is 4.74 Å². The summed E-state index contributed by atoms with van der Waals surface area (Å²) in [5, 5.41) is 7.44. The second kappa shape index (κ2) is 6.44. The van der Waals surface area contributed by atoms with Crippen LogP contribution in [0.1, 0.15) is 43.0 Å². The van der Waals surface area contributed by atoms with Crippen molar-refractivity contribution in [1.82, 2.24) is 5.32 Å². The number of fused-ring (bicyclic) bond motifs is 1. The van der Waals surface area contributed by atoms with E-state index in [1.165, 1.54) is 11.1 Å². The number of hydrogen-bond donors (Lipinski definition) is 2. The number of hydrogen-bond acceptors (Lipinski definition) is 2. The molecule has 1 aliphatic rings. The molecule has 4 heteroatoms. The third-order valence-electron chi connectivity index (χ3n) is 4.32. The van der Waals surface area contributed by atoms with Crippen LogP contribution in [0.25, 0.3) is 0 Å². The van der Waals surface area contributed by atoms with Gasteiger partial charge >= 0.3 is 0 Å². The van der Waals surface area contributed by atoms with Gasteiger partial charge in [0.05, 0.1) is 6.04 Å². The van der Waals surface area contributed by atoms with E-state index in [-0.39, 0.29) is 11.6 Å². The van der Waals surface area contributed by atoms with E-state index in [1.54, 1.807) is 0 Å². The first kappa shape index (κ1) is 16.8. The van der Waals surface area contributed by atoms with Crippen LogP contribution >= 0.6 is 12.2 Å². The van der Waals surface area contributed by atoms with E-state index in [4.69, 9.17) is 17.0 Å². The third-order valence-corrected chi connectivity index (χ3v) is 4.54. The third kappa shape index (κ3) is 3.70. The maximum absolute atomic E-state index is 6.08. The molecule has 3 rings (SSSR count). The molecule has 126 valence electrons. The summed E-state index contributed by atoms with van der Waals surface area (Å²) in [6, 6.07) is 14.6. The average Bonchev–Trinajstić information content (AvgIpc) is 2.50. The zero-order valence-electron chi connectivity index (χ0n) is 14.6. The number of thiocarbonyl (C=S) groups is 1. The Kier molecular flexibility index (Phi) is 4.50. The lowest BCUT2D eigenvalue weighted by Crippen LogP contribution is -2.42. The largest absolute Gasteiger partial charge is 0.487 e. The lowest BCUT2D eigenvalue weighted by atomic mass is 9.90. The van der Waals surface area contributed by atoms with Crippen molar-refractivity contribution in [2.75, 3.05) is 5.32 Å². The summed E-state index contributed by atoms with van der Waals surface area (Å²) in [4.78, 5) is 0. The summed E-state index contributed by atoms with van der Waals surface area (Å²) in [6.07, 6.45) is 0.860. The lowest BCUT2D eigenvalue weighted by molar-refractivity contribution is 0.0697. The first-order valence-corrected chi connectivity index (χ1v) is 8.68. The Morgan fingerprint density at radius 1 is 1.17 bits per heavy atom. The molecular weight excluding hydrogens is 316 g/mol. The maximum Gasteiger partial charge on any atom is 0.171 e. The van der Waals surface area contributed by atoms with Gasteiger partial charge in [-0.15, -0.1) is 0 Å². The molecule has 0 saturated carbocycles. The van der Waals surface area contributed by atoms with Crippen LogP contribution < -0.4 is 15.4 Å². The second-order valence-corrected chi connectivity index (χ2v) is 7.48. The Morgan fingerprint density at radius 3 is 2.71 bits per heavy atom. The van der Waals surface area contributed by atoms with Gasteiger partial charge in [-0.1, -0.05) is 30.3 Å². The average molecular weight is 340 g/mol. The van der Waals surface area contributed by atoms with E-state index in [2.05, 4.69) is 62.6 Å². The van der Waals surface area contributed by atoms with Gasteiger partial charge in [0.1, 0.15) is 11.4 Å². The summed E-state index contributed by atoms with van der Waals surface area (Å²) < 4.78 is 6.08. The highest BCUT2D eigenvalue weighted by molar-refractivity contribution is 7.80. The molecule has 1 heterocycles. The molecule has 0 aromatic heterocycles. The van der Waals surface area contributed by atoms with E-state index in [0.29, 0.717) is 5.11 Å². The first-order valence-electron chi connectivity index (χ1n) is 8.27. The standard InChI is InChI=1S/C20H24N2OS/c1-13-9-10-14(2)16(11-13)21-19(24)22-17-12-20(3,4)23-18-8-6-5-7-15(17)18/h5-11,17H,12H2,1-4H3,(H2,21,22,24)/t17-/m1/s1. The molecule has 2 aromatic rings. The highest BCUT2D eigenvalue weighted by atomic mass is 32.1. The Bertz CT molecular complexity index is 770. The number of aryl methyl sites for hydroxylation is 2. The van der Waals surface area contributed by atoms with Gasteiger partial charge in [0.25, 0.3) is 0 Å². The summed E-state index contributed by atoms with van der Waals surface area (Å²) >= 11 is 5.56. The first-order chi connectivity index (χ1) is 11.3. The highest BCUT2D eigenvalue weighted by Crippen LogP contribution is 2.39. The lowest BCUT2D eigenvalue weighted by Gasteiger charge is -2.38. The molecule has 2 N–H and O–H groups in total. The van der Waals surface area contributed by atoms with E-state index >= 15 is 0 Å². The Labute approximate surface area is 149 Å². The highest BCUT2D eigenvalue weighted by Gasteiger charge is 2.33. The molecule has 0 aliphatic carbocycles. The minimum Gasteiger partial charge on any atom is -0.487 e. The van der Waals surface area contributed by atoms with Crippen LogP contribution in [0.2, 0.25) is 0 Å². The fraction of sp³-hybridized carbons (Fsp3) is 0.350. The summed E-state index contributed by atoms with van der Waals surface area (Å²) in [5.74, 6) is 0.931. The smallest absolute Gasteiger partial charge is 0.171 e. The summed E-state index contributed by atoms with van der Waals surface area (Å²) in [6.45, 7) is 8.38. The van der Waals surface area contributed by atoms with Gasteiger partial charge in [-0.05, 0) is 63.2 Å². The normalized spacial score (nSPS) is 18.2. The molecule has 0 saturated heterocycles. The Hall–Kier alpha value is -2.07. The maximum atomic E-state index is 6.08. The predicted octanol–water partition coefficient (Wildman–Crippen LogP) is 4.89. The van der Waals surface area contributed by atoms with Crippen molar-refractivity contribution >= 4 is 23.0 Å². The summed E-state index contributed by atoms with van der Waals surface area (Å²) in [7, 11) is 0. The molecule has 0 fully saturated rings. The number of para-hydroxylation sites is 1. The zero-order valence-corrected chi connectivity index (χ0v) is 15.5. The molecule has 24 heavy (non-hydrogen) atoms. The monoisotopic (exact) mass is 340 g/mol. The van der Waals surface area contributed by atoms with Gasteiger partial charge in [-0.2, -0.15) is 0 Å². The van der Waals surface area contributed by atoms with Crippen molar-refractivity contribution in [3.63, 3.8) is 0 Å². The van der Waals surface area contributed by atoms with Gasteiger partial charge in [0.15, 0.2) is 5.11 Å². The van der Waals surface area contributed by atoms with Gasteiger partial charge < -0.3 is 15.4 Å². The number of rotatable bonds is 2. The molecule has 0 spiro atoms. The molecule has 1 atom stereocenters. The van der Waals surface area contributed by atoms with Crippen LogP contribution in [0.4, 0.5) is 5.69 Å². The van der Waals surface area contributed by atoms with Crippen LogP contribution in [0.5, 0.6) is 5.75 Å². The van der Waals surface area contributed by atoms with Gasteiger partial charge in [0.2, 0.25) is 0 Å². The van der Waals surface area contributed by atoms with Gasteiger partial charge in [-0.25, -0.2) is 0 Å². The van der Waals surface area contributed by atoms with Crippen molar-refractivity contribution in [3.8, 4) is 5.75 Å². The SMILES string of the molecule is Cc1ccc(C)c(NC(=S)N[C@@H]2CC(C)(C)Oc3ccccc32)c1. The Balaban J connectivity index is 1.78. The molecule has 0 amide bonds. The summed E-state index contributed by atoms with van der Waals surface area (Å²) in [5.41, 5.74) is 4.37. The van der Waals surface area contributed by atoms with Gasteiger partial charge in [0, 0.05) is 17.7 Å². The molecular formula is C20H24N2OS. The zero-order chi connectivity index (χ0) is 17.3. The van der Waals surface area contributed by atoms with Crippen LogP contribution in [0.3, 0.4) is 0 Å². The number of benzene rings is 2.